The number of benzene rings is 1. The van der Waals surface area contributed by atoms with E-state index in [0.717, 1.165) is 20.9 Å². The molecule has 3 heterocycles. The van der Waals surface area contributed by atoms with E-state index in [1.165, 1.54) is 0 Å². The van der Waals surface area contributed by atoms with Crippen molar-refractivity contribution < 1.29 is 29.9 Å². The van der Waals surface area contributed by atoms with Crippen molar-refractivity contribution in [2.24, 2.45) is 0 Å². The van der Waals surface area contributed by atoms with E-state index >= 15 is 0 Å². The summed E-state index contributed by atoms with van der Waals surface area (Å²) in [7, 11) is 1.58. The van der Waals surface area contributed by atoms with E-state index in [0.29, 0.717) is 22.9 Å². The van der Waals surface area contributed by atoms with Gasteiger partial charge in [-0.05, 0) is 35.4 Å². The van der Waals surface area contributed by atoms with Crippen molar-refractivity contribution in [1.82, 2.24) is 4.98 Å². The molecule has 1 aromatic carbocycles. The van der Waals surface area contributed by atoms with Crippen molar-refractivity contribution in [2.45, 2.75) is 36.9 Å². The number of hydrogen-bond acceptors (Lipinski definition) is 8. The van der Waals surface area contributed by atoms with Crippen molar-refractivity contribution in [1.29, 1.82) is 0 Å². The lowest BCUT2D eigenvalue weighted by atomic mass is 9.90. The van der Waals surface area contributed by atoms with Gasteiger partial charge in [-0.25, -0.2) is 4.98 Å². The topological polar surface area (TPSA) is 112 Å². The second-order valence-corrected chi connectivity index (χ2v) is 9.21. The first-order valence-corrected chi connectivity index (χ1v) is 11.3. The maximum absolute atomic E-state index is 10.4. The van der Waals surface area contributed by atoms with E-state index < -0.39 is 37.1 Å². The van der Waals surface area contributed by atoms with Crippen LogP contribution in [0.4, 0.5) is 0 Å². The third kappa shape index (κ3) is 4.67. The normalized spacial score (nSPS) is 25.6. The average Bonchev–Trinajstić information content (AvgIpc) is 3.28. The lowest BCUT2D eigenvalue weighted by molar-refractivity contribution is -0.231. The highest BCUT2D eigenvalue weighted by Gasteiger charge is 2.44. The van der Waals surface area contributed by atoms with E-state index in [9.17, 15) is 20.4 Å². The minimum absolute atomic E-state index is 0.472. The summed E-state index contributed by atoms with van der Waals surface area (Å²) >= 11 is 8.06. The number of nitrogens with zero attached hydrogens (tertiary/aromatic N) is 1. The smallest absolute Gasteiger partial charge is 0.212 e. The molecule has 1 aliphatic rings. The van der Waals surface area contributed by atoms with E-state index in [-0.39, 0.29) is 0 Å². The number of aliphatic hydroxyl groups excluding tert-OH is 4. The van der Waals surface area contributed by atoms with Crippen molar-refractivity contribution in [3.05, 3.63) is 69.7 Å². The first-order valence-electron chi connectivity index (χ1n) is 10.1. The molecule has 170 valence electrons. The molecule has 1 aliphatic heterocycles. The number of ether oxygens (including phenoxy) is 2. The molecule has 1 fully saturated rings. The van der Waals surface area contributed by atoms with Crippen LogP contribution in [0.25, 0.3) is 10.4 Å². The molecule has 4 rings (SSSR count). The van der Waals surface area contributed by atoms with Gasteiger partial charge in [-0.1, -0.05) is 23.7 Å². The average molecular weight is 478 g/mol. The zero-order valence-electron chi connectivity index (χ0n) is 17.3. The Morgan fingerprint density at radius 2 is 1.88 bits per heavy atom. The van der Waals surface area contributed by atoms with Gasteiger partial charge in [-0.2, -0.15) is 0 Å². The number of aliphatic hydroxyl groups is 4. The molecule has 0 radical (unpaired) electrons. The van der Waals surface area contributed by atoms with Crippen LogP contribution in [0.3, 0.4) is 0 Å². The van der Waals surface area contributed by atoms with Crippen molar-refractivity contribution >= 4 is 22.9 Å². The molecule has 9 heteroatoms. The third-order valence-electron chi connectivity index (χ3n) is 5.55. The van der Waals surface area contributed by atoms with Gasteiger partial charge in [0.15, 0.2) is 0 Å². The van der Waals surface area contributed by atoms with E-state index in [1.807, 2.05) is 30.3 Å². The molecule has 0 bridgehead atoms. The highest BCUT2D eigenvalue weighted by atomic mass is 35.5. The summed E-state index contributed by atoms with van der Waals surface area (Å²) in [6, 6.07) is 13.1. The van der Waals surface area contributed by atoms with Gasteiger partial charge in [-0.15, -0.1) is 11.3 Å². The zero-order valence-corrected chi connectivity index (χ0v) is 18.8. The summed E-state index contributed by atoms with van der Waals surface area (Å²) in [5.41, 5.74) is 2.43. The fraction of sp³-hybridized carbons (Fsp3) is 0.348. The Bertz CT molecular complexity index is 1060. The Labute approximate surface area is 194 Å². The number of halogens is 1. The van der Waals surface area contributed by atoms with E-state index in [4.69, 9.17) is 21.1 Å². The van der Waals surface area contributed by atoms with Crippen LogP contribution in [0.5, 0.6) is 5.88 Å². The highest BCUT2D eigenvalue weighted by molar-refractivity contribution is 7.15. The molecule has 2 aromatic heterocycles. The molecule has 4 N–H and O–H groups in total. The van der Waals surface area contributed by atoms with Gasteiger partial charge in [0.25, 0.3) is 0 Å². The molecular formula is C23H24ClNO6S. The van der Waals surface area contributed by atoms with Crippen LogP contribution in [0.15, 0.2) is 48.7 Å². The monoisotopic (exact) mass is 477 g/mol. The van der Waals surface area contributed by atoms with Crippen LogP contribution >= 0.6 is 22.9 Å². The maximum Gasteiger partial charge on any atom is 0.212 e. The largest absolute Gasteiger partial charge is 0.481 e. The number of thiophene rings is 1. The molecule has 1 saturated heterocycles. The Morgan fingerprint density at radius 1 is 1.06 bits per heavy atom. The molecule has 32 heavy (non-hydrogen) atoms. The number of rotatable bonds is 6. The molecule has 0 aliphatic carbocycles. The number of hydrogen-bond donors (Lipinski definition) is 4. The molecule has 0 unspecified atom stereocenters. The van der Waals surface area contributed by atoms with Crippen LogP contribution < -0.4 is 4.74 Å². The first kappa shape index (κ1) is 23.1. The lowest BCUT2D eigenvalue weighted by Crippen LogP contribution is -2.55. The summed E-state index contributed by atoms with van der Waals surface area (Å²) in [6.45, 7) is -0.472. The molecule has 3 aromatic rings. The highest BCUT2D eigenvalue weighted by Crippen LogP contribution is 2.36. The Kier molecular flexibility index (Phi) is 7.11. The van der Waals surface area contributed by atoms with Gasteiger partial charge >= 0.3 is 0 Å². The first-order chi connectivity index (χ1) is 15.4. The van der Waals surface area contributed by atoms with Crippen molar-refractivity contribution in [3.63, 3.8) is 0 Å². The second-order valence-electron chi connectivity index (χ2n) is 7.63. The standard InChI is InChI=1S/C23H24ClNO6S/c1-30-19-7-3-13(10-25-19)18-6-4-15(32-18)9-14-8-12(2-5-16(14)24)23-22(29)21(28)20(27)17(11-26)31-23/h2-8,10,17,20-23,26-29H,9,11H2,1H3/t17-,20-,21+,22-,23+/m1/s1. The summed E-state index contributed by atoms with van der Waals surface area (Å²) in [6.07, 6.45) is -3.68. The Hall–Kier alpha value is -2.04. The van der Waals surface area contributed by atoms with Crippen LogP contribution in [-0.4, -0.2) is 63.5 Å². The predicted octanol–water partition coefficient (Wildman–Crippen LogP) is 2.58. The quantitative estimate of drug-likeness (QED) is 0.431. The van der Waals surface area contributed by atoms with Crippen LogP contribution in [0.1, 0.15) is 22.1 Å². The minimum atomic E-state index is -1.43. The van der Waals surface area contributed by atoms with Gasteiger partial charge in [-0.3, -0.25) is 0 Å². The number of pyridine rings is 1. The van der Waals surface area contributed by atoms with Crippen LogP contribution in [0, 0.1) is 0 Å². The third-order valence-corrected chi connectivity index (χ3v) is 7.05. The zero-order chi connectivity index (χ0) is 22.8. The number of methoxy groups -OCH3 is 1. The van der Waals surface area contributed by atoms with E-state index in [2.05, 4.69) is 4.98 Å². The Balaban J connectivity index is 1.55. The fourth-order valence-corrected chi connectivity index (χ4v) is 4.95. The van der Waals surface area contributed by atoms with Gasteiger partial charge < -0.3 is 29.9 Å². The second kappa shape index (κ2) is 9.84. The summed E-state index contributed by atoms with van der Waals surface area (Å²) < 4.78 is 10.8. The van der Waals surface area contributed by atoms with Crippen molar-refractivity contribution in [2.75, 3.05) is 13.7 Å². The molecule has 0 spiro atoms. The number of aromatic nitrogens is 1. The van der Waals surface area contributed by atoms with Gasteiger partial charge in [0.05, 0.1) is 13.7 Å². The molecule has 0 amide bonds. The van der Waals surface area contributed by atoms with Gasteiger partial charge in [0.2, 0.25) is 5.88 Å². The van der Waals surface area contributed by atoms with Gasteiger partial charge in [0.1, 0.15) is 30.5 Å². The van der Waals surface area contributed by atoms with Gasteiger partial charge in [0, 0.05) is 39.0 Å². The lowest BCUT2D eigenvalue weighted by Gasteiger charge is -2.40. The summed E-state index contributed by atoms with van der Waals surface area (Å²) in [5.74, 6) is 0.558. The molecule has 7 nitrogen and oxygen atoms in total. The summed E-state index contributed by atoms with van der Waals surface area (Å²) in [5, 5.41) is 40.6. The molecule has 0 saturated carbocycles. The Morgan fingerprint density at radius 3 is 2.56 bits per heavy atom. The van der Waals surface area contributed by atoms with E-state index in [1.54, 1.807) is 36.8 Å². The van der Waals surface area contributed by atoms with Crippen LogP contribution in [0.2, 0.25) is 5.02 Å². The SMILES string of the molecule is COc1ccc(-c2ccc(Cc3cc([C@@H]4O[C@H](CO)[C@@H](O)[C@H](O)[C@H]4O)ccc3Cl)s2)cn1. The maximum atomic E-state index is 10.4. The molecule has 5 atom stereocenters. The van der Waals surface area contributed by atoms with Crippen LogP contribution in [-0.2, 0) is 11.2 Å². The van der Waals surface area contributed by atoms with Crippen molar-refractivity contribution in [3.8, 4) is 16.3 Å². The fourth-order valence-electron chi connectivity index (χ4n) is 3.75. The minimum Gasteiger partial charge on any atom is -0.481 e. The summed E-state index contributed by atoms with van der Waals surface area (Å²) in [4.78, 5) is 6.40. The predicted molar refractivity (Wildman–Crippen MR) is 121 cm³/mol. The molecular weight excluding hydrogens is 454 g/mol.